The van der Waals surface area contributed by atoms with Crippen LogP contribution >= 0.6 is 0 Å². The summed E-state index contributed by atoms with van der Waals surface area (Å²) in [5.74, 6) is 0. The van der Waals surface area contributed by atoms with Crippen LogP contribution in [0.15, 0.2) is 65.8 Å². The number of rotatable bonds is 3. The second-order valence-electron chi connectivity index (χ2n) is 2.73. The van der Waals surface area contributed by atoms with Crippen LogP contribution in [0.2, 0.25) is 0 Å². The van der Waals surface area contributed by atoms with Crippen molar-refractivity contribution >= 4 is 6.21 Å². The molecule has 0 atom stereocenters. The summed E-state index contributed by atoms with van der Waals surface area (Å²) >= 11 is 0. The van der Waals surface area contributed by atoms with Gasteiger partial charge in [0, 0.05) is 6.21 Å². The molecule has 0 spiro atoms. The van der Waals surface area contributed by atoms with Crippen LogP contribution in [0.4, 0.5) is 0 Å². The van der Waals surface area contributed by atoms with Crippen molar-refractivity contribution in [2.45, 2.75) is 0 Å². The summed E-state index contributed by atoms with van der Waals surface area (Å²) in [5.41, 5.74) is 2.12. The molecule has 0 aromatic heterocycles. The number of hydrogen-bond donors (Lipinski definition) is 0. The highest BCUT2D eigenvalue weighted by Gasteiger charge is 1.90. The summed E-state index contributed by atoms with van der Waals surface area (Å²) in [6.07, 6.45) is 13.4. The first-order valence-electron chi connectivity index (χ1n) is 4.18. The van der Waals surface area contributed by atoms with Crippen molar-refractivity contribution < 1.29 is 0 Å². The van der Waals surface area contributed by atoms with Crippen molar-refractivity contribution in [2.24, 2.45) is 4.99 Å². The van der Waals surface area contributed by atoms with E-state index in [9.17, 15) is 0 Å². The summed E-state index contributed by atoms with van der Waals surface area (Å²) in [4.78, 5) is 4.12. The molecule has 13 heavy (non-hydrogen) atoms. The first-order valence-corrected chi connectivity index (χ1v) is 4.18. The van der Waals surface area contributed by atoms with Gasteiger partial charge in [-0.15, -0.1) is 0 Å². The van der Waals surface area contributed by atoms with Crippen molar-refractivity contribution in [1.82, 2.24) is 0 Å². The number of allylic oxidation sites excluding steroid dienone is 6. The van der Waals surface area contributed by atoms with E-state index in [1.807, 2.05) is 36.6 Å². The lowest BCUT2D eigenvalue weighted by Gasteiger charge is -1.98. The lowest BCUT2D eigenvalue weighted by molar-refractivity contribution is 1.18. The zero-order valence-electron chi connectivity index (χ0n) is 7.61. The minimum Gasteiger partial charge on any atom is -0.288 e. The highest BCUT2D eigenvalue weighted by molar-refractivity contribution is 5.73. The third-order valence-corrected chi connectivity index (χ3v) is 1.66. The highest BCUT2D eigenvalue weighted by atomic mass is 14.7. The molecule has 1 nitrogen and oxygen atoms in total. The van der Waals surface area contributed by atoms with Gasteiger partial charge in [0.2, 0.25) is 0 Å². The van der Waals surface area contributed by atoms with Gasteiger partial charge in [0.15, 0.2) is 0 Å². The van der Waals surface area contributed by atoms with Gasteiger partial charge in [-0.05, 0) is 17.2 Å². The quantitative estimate of drug-likeness (QED) is 0.579. The lowest BCUT2D eigenvalue weighted by atomic mass is 10.2. The predicted octanol–water partition coefficient (Wildman–Crippen LogP) is 2.85. The summed E-state index contributed by atoms with van der Waals surface area (Å²) < 4.78 is 0. The Morgan fingerprint density at radius 1 is 1.54 bits per heavy atom. The second kappa shape index (κ2) is 5.09. The van der Waals surface area contributed by atoms with E-state index >= 15 is 0 Å². The molecule has 0 radical (unpaired) electrons. The predicted molar refractivity (Wildman–Crippen MR) is 59.1 cm³/mol. The Morgan fingerprint density at radius 2 is 2.38 bits per heavy atom. The summed E-state index contributed by atoms with van der Waals surface area (Å²) in [7, 11) is 0. The molecular formula is C12H13N. The molecule has 1 heterocycles. The average molecular weight is 171 g/mol. The minimum absolute atomic E-state index is 0.765. The van der Waals surface area contributed by atoms with E-state index in [1.54, 1.807) is 6.08 Å². The van der Waals surface area contributed by atoms with Gasteiger partial charge in [-0.2, -0.15) is 0 Å². The van der Waals surface area contributed by atoms with Crippen LogP contribution in [-0.4, -0.2) is 12.8 Å². The molecule has 0 aromatic rings. The van der Waals surface area contributed by atoms with E-state index in [1.165, 1.54) is 5.57 Å². The Balaban J connectivity index is 2.53. The van der Waals surface area contributed by atoms with Gasteiger partial charge in [-0.3, -0.25) is 4.99 Å². The lowest BCUT2D eigenvalue weighted by Crippen LogP contribution is -1.89. The Morgan fingerprint density at radius 3 is 3.00 bits per heavy atom. The minimum atomic E-state index is 0.765. The van der Waals surface area contributed by atoms with E-state index in [4.69, 9.17) is 0 Å². The van der Waals surface area contributed by atoms with Gasteiger partial charge in [-0.1, -0.05) is 43.5 Å². The van der Waals surface area contributed by atoms with Crippen LogP contribution in [0.25, 0.3) is 0 Å². The largest absolute Gasteiger partial charge is 0.288 e. The molecule has 0 saturated heterocycles. The second-order valence-corrected chi connectivity index (χ2v) is 2.73. The standard InChI is InChI=1S/C12H13N/c1-3-11(2)6-4-7-12-8-5-9-13-10-12/h3-9H,1-2,10H2/b6-4-,12-7-. The normalized spacial score (nSPS) is 18.3. The molecule has 0 bridgehead atoms. The molecule has 0 aromatic carbocycles. The number of nitrogens with zero attached hydrogens (tertiary/aromatic N) is 1. The molecule has 0 N–H and O–H groups in total. The Labute approximate surface area is 79.2 Å². The maximum absolute atomic E-state index is 4.12. The smallest absolute Gasteiger partial charge is 0.0639 e. The molecule has 0 unspecified atom stereocenters. The zero-order chi connectivity index (χ0) is 9.52. The van der Waals surface area contributed by atoms with E-state index in [2.05, 4.69) is 18.2 Å². The number of dihydropyridines is 1. The van der Waals surface area contributed by atoms with Crippen molar-refractivity contribution in [3.05, 3.63) is 60.8 Å². The fourth-order valence-electron chi connectivity index (χ4n) is 0.910. The molecule has 0 fully saturated rings. The van der Waals surface area contributed by atoms with Gasteiger partial charge in [0.1, 0.15) is 0 Å². The van der Waals surface area contributed by atoms with Crippen molar-refractivity contribution in [3.63, 3.8) is 0 Å². The fourth-order valence-corrected chi connectivity index (χ4v) is 0.910. The molecule has 1 aliphatic heterocycles. The van der Waals surface area contributed by atoms with Gasteiger partial charge in [0.05, 0.1) is 6.54 Å². The first kappa shape index (κ1) is 9.46. The molecule has 0 aliphatic carbocycles. The Bertz CT molecular complexity index is 314. The van der Waals surface area contributed by atoms with Crippen molar-refractivity contribution in [1.29, 1.82) is 0 Å². The average Bonchev–Trinajstić information content (AvgIpc) is 2.19. The van der Waals surface area contributed by atoms with Gasteiger partial charge in [0.25, 0.3) is 0 Å². The summed E-state index contributed by atoms with van der Waals surface area (Å²) in [6.45, 7) is 8.16. The van der Waals surface area contributed by atoms with E-state index < -0.39 is 0 Å². The van der Waals surface area contributed by atoms with Crippen LogP contribution in [0.3, 0.4) is 0 Å². The zero-order valence-corrected chi connectivity index (χ0v) is 7.61. The van der Waals surface area contributed by atoms with E-state index in [0.717, 1.165) is 12.1 Å². The number of aliphatic imine (C=N–C) groups is 1. The molecule has 1 rings (SSSR count). The number of hydrogen-bond acceptors (Lipinski definition) is 1. The van der Waals surface area contributed by atoms with Crippen LogP contribution in [-0.2, 0) is 0 Å². The van der Waals surface area contributed by atoms with E-state index in [-0.39, 0.29) is 0 Å². The maximum Gasteiger partial charge on any atom is 0.0639 e. The van der Waals surface area contributed by atoms with Crippen LogP contribution in [0.5, 0.6) is 0 Å². The van der Waals surface area contributed by atoms with Crippen molar-refractivity contribution in [3.8, 4) is 0 Å². The SMILES string of the molecule is C=CC(=C)/C=C\C=C1\C=CC=NC1. The van der Waals surface area contributed by atoms with Crippen LogP contribution < -0.4 is 0 Å². The topological polar surface area (TPSA) is 12.4 Å². The Hall–Kier alpha value is -1.63. The van der Waals surface area contributed by atoms with Gasteiger partial charge >= 0.3 is 0 Å². The molecule has 0 saturated carbocycles. The van der Waals surface area contributed by atoms with E-state index in [0.29, 0.717) is 0 Å². The maximum atomic E-state index is 4.12. The van der Waals surface area contributed by atoms with Gasteiger partial charge in [-0.25, -0.2) is 0 Å². The first-order chi connectivity index (χ1) is 6.33. The van der Waals surface area contributed by atoms with Crippen molar-refractivity contribution in [2.75, 3.05) is 6.54 Å². The fraction of sp³-hybridized carbons (Fsp3) is 0.0833. The van der Waals surface area contributed by atoms with Gasteiger partial charge < -0.3 is 0 Å². The molecular weight excluding hydrogens is 158 g/mol. The summed E-state index contributed by atoms with van der Waals surface area (Å²) in [6, 6.07) is 0. The molecule has 1 aliphatic rings. The molecule has 0 amide bonds. The highest BCUT2D eigenvalue weighted by Crippen LogP contribution is 2.02. The summed E-state index contributed by atoms with van der Waals surface area (Å²) in [5, 5.41) is 0. The molecule has 66 valence electrons. The van der Waals surface area contributed by atoms with Crippen LogP contribution in [0, 0.1) is 0 Å². The Kier molecular flexibility index (Phi) is 3.71. The third-order valence-electron chi connectivity index (χ3n) is 1.66. The monoisotopic (exact) mass is 171 g/mol. The van der Waals surface area contributed by atoms with Crippen LogP contribution in [0.1, 0.15) is 0 Å². The molecule has 1 heteroatoms. The third kappa shape index (κ3) is 3.52.